The number of fused-ring (bicyclic) bond motifs is 1. The first-order valence-electron chi connectivity index (χ1n) is 6.19. The first-order valence-corrected chi connectivity index (χ1v) is 6.97. The number of benzene rings is 1. The van der Waals surface area contributed by atoms with E-state index in [9.17, 15) is 0 Å². The van der Waals surface area contributed by atoms with Crippen molar-refractivity contribution in [1.29, 1.82) is 0 Å². The quantitative estimate of drug-likeness (QED) is 0.857. The summed E-state index contributed by atoms with van der Waals surface area (Å²) in [5.41, 5.74) is 5.92. The summed E-state index contributed by atoms with van der Waals surface area (Å²) in [5.74, 6) is 1.05. The van der Waals surface area contributed by atoms with E-state index < -0.39 is 0 Å². The minimum absolute atomic E-state index is 0.403. The molecule has 4 heteroatoms. The molecule has 0 radical (unpaired) electrons. The van der Waals surface area contributed by atoms with Crippen LogP contribution in [0.2, 0.25) is 0 Å². The van der Waals surface area contributed by atoms with Crippen LogP contribution in [0.1, 0.15) is 25.7 Å². The van der Waals surface area contributed by atoms with E-state index in [1.54, 1.807) is 11.5 Å². The van der Waals surface area contributed by atoms with Crippen LogP contribution in [0.3, 0.4) is 0 Å². The fraction of sp³-hybridized carbons (Fsp3) is 0.462. The maximum Gasteiger partial charge on any atom is 0.147 e. The lowest BCUT2D eigenvalue weighted by atomic mass is 9.92. The zero-order valence-corrected chi connectivity index (χ0v) is 10.5. The zero-order valence-electron chi connectivity index (χ0n) is 9.73. The van der Waals surface area contributed by atoms with Gasteiger partial charge in [0, 0.05) is 17.5 Å². The number of nitrogens with two attached hydrogens (primary N) is 1. The van der Waals surface area contributed by atoms with Crippen LogP contribution < -0.4 is 11.1 Å². The van der Waals surface area contributed by atoms with Crippen LogP contribution in [0.4, 0.5) is 5.82 Å². The van der Waals surface area contributed by atoms with Crippen LogP contribution in [-0.4, -0.2) is 16.5 Å². The third-order valence-electron chi connectivity index (χ3n) is 3.49. The Morgan fingerprint density at radius 1 is 1.18 bits per heavy atom. The van der Waals surface area contributed by atoms with E-state index in [0.717, 1.165) is 31.5 Å². The fourth-order valence-electron chi connectivity index (χ4n) is 2.45. The van der Waals surface area contributed by atoms with Crippen LogP contribution in [0.5, 0.6) is 0 Å². The fourth-order valence-corrected chi connectivity index (χ4v) is 3.19. The second kappa shape index (κ2) is 4.63. The second-order valence-corrected chi connectivity index (χ2v) is 5.59. The van der Waals surface area contributed by atoms with Gasteiger partial charge in [-0.3, -0.25) is 0 Å². The van der Waals surface area contributed by atoms with Crippen molar-refractivity contribution in [2.45, 2.75) is 37.8 Å². The lowest BCUT2D eigenvalue weighted by Gasteiger charge is -2.26. The molecule has 3 rings (SSSR count). The summed E-state index contributed by atoms with van der Waals surface area (Å²) < 4.78 is 5.76. The highest BCUT2D eigenvalue weighted by molar-refractivity contribution is 7.13. The third kappa shape index (κ3) is 2.28. The summed E-state index contributed by atoms with van der Waals surface area (Å²) in [5, 5.41) is 4.81. The average molecular weight is 247 g/mol. The monoisotopic (exact) mass is 247 g/mol. The van der Waals surface area contributed by atoms with Crippen LogP contribution in [0.15, 0.2) is 24.3 Å². The minimum atomic E-state index is 0.403. The van der Waals surface area contributed by atoms with Crippen LogP contribution in [-0.2, 0) is 0 Å². The topological polar surface area (TPSA) is 50.9 Å². The molecular formula is C13H17N3S. The van der Waals surface area contributed by atoms with Gasteiger partial charge >= 0.3 is 0 Å². The third-order valence-corrected chi connectivity index (χ3v) is 4.32. The normalized spacial score (nSPS) is 25.0. The van der Waals surface area contributed by atoms with Crippen molar-refractivity contribution >= 4 is 27.4 Å². The summed E-state index contributed by atoms with van der Waals surface area (Å²) in [4.78, 5) is 0. The van der Waals surface area contributed by atoms with Gasteiger partial charge in [-0.25, -0.2) is 0 Å². The Morgan fingerprint density at radius 3 is 2.76 bits per heavy atom. The summed E-state index contributed by atoms with van der Waals surface area (Å²) >= 11 is 1.57. The molecule has 17 heavy (non-hydrogen) atoms. The van der Waals surface area contributed by atoms with E-state index in [-0.39, 0.29) is 0 Å². The minimum Gasteiger partial charge on any atom is -0.366 e. The Morgan fingerprint density at radius 2 is 1.94 bits per heavy atom. The van der Waals surface area contributed by atoms with Gasteiger partial charge in [0.25, 0.3) is 0 Å². The Balaban J connectivity index is 1.76. The largest absolute Gasteiger partial charge is 0.366 e. The first-order chi connectivity index (χ1) is 8.33. The molecule has 3 N–H and O–H groups in total. The van der Waals surface area contributed by atoms with E-state index in [1.807, 2.05) is 0 Å². The maximum absolute atomic E-state index is 5.92. The predicted octanol–water partition coefficient (Wildman–Crippen LogP) is 2.98. The number of nitrogens with zero attached hydrogens (tertiary/aromatic N) is 1. The van der Waals surface area contributed by atoms with Crippen molar-refractivity contribution < 1.29 is 0 Å². The number of anilines is 1. The van der Waals surface area contributed by atoms with E-state index in [4.69, 9.17) is 5.73 Å². The molecule has 0 bridgehead atoms. The van der Waals surface area contributed by atoms with Gasteiger partial charge in [0.05, 0.1) is 4.70 Å². The summed E-state index contributed by atoms with van der Waals surface area (Å²) in [6.07, 6.45) is 4.57. The summed E-state index contributed by atoms with van der Waals surface area (Å²) in [7, 11) is 0. The molecule has 0 spiro atoms. The lowest BCUT2D eigenvalue weighted by molar-refractivity contribution is 0.411. The molecule has 1 fully saturated rings. The molecule has 0 aliphatic heterocycles. The number of nitrogens with one attached hydrogen (secondary N) is 1. The Bertz CT molecular complexity index is 500. The van der Waals surface area contributed by atoms with Gasteiger partial charge < -0.3 is 11.1 Å². The van der Waals surface area contributed by atoms with Gasteiger partial charge in [-0.15, -0.1) is 0 Å². The highest BCUT2D eigenvalue weighted by Gasteiger charge is 2.19. The Labute approximate surface area is 105 Å². The van der Waals surface area contributed by atoms with Crippen molar-refractivity contribution in [2.75, 3.05) is 5.32 Å². The van der Waals surface area contributed by atoms with Crippen molar-refractivity contribution in [2.24, 2.45) is 5.73 Å². The van der Waals surface area contributed by atoms with Crippen LogP contribution in [0, 0.1) is 0 Å². The molecule has 1 aromatic carbocycles. The van der Waals surface area contributed by atoms with Crippen molar-refractivity contribution in [3.8, 4) is 0 Å². The van der Waals surface area contributed by atoms with Crippen molar-refractivity contribution in [3.05, 3.63) is 24.3 Å². The van der Waals surface area contributed by atoms with Gasteiger partial charge in [-0.1, -0.05) is 12.1 Å². The highest BCUT2D eigenvalue weighted by atomic mass is 32.1. The van der Waals surface area contributed by atoms with E-state index in [2.05, 4.69) is 34.0 Å². The van der Waals surface area contributed by atoms with Crippen LogP contribution >= 0.6 is 11.5 Å². The van der Waals surface area contributed by atoms with Crippen molar-refractivity contribution in [1.82, 2.24) is 4.37 Å². The van der Waals surface area contributed by atoms with E-state index in [1.165, 1.54) is 10.1 Å². The second-order valence-electron chi connectivity index (χ2n) is 4.78. The molecule has 90 valence electrons. The molecule has 0 saturated heterocycles. The predicted molar refractivity (Wildman–Crippen MR) is 73.5 cm³/mol. The highest BCUT2D eigenvalue weighted by Crippen LogP contribution is 2.29. The van der Waals surface area contributed by atoms with Gasteiger partial charge in [0.1, 0.15) is 5.82 Å². The van der Waals surface area contributed by atoms with Gasteiger partial charge in [0.2, 0.25) is 0 Å². The SMILES string of the molecule is NC1CCC(Nc2nsc3ccccc23)CC1. The first kappa shape index (κ1) is 11.0. The van der Waals surface area contributed by atoms with E-state index >= 15 is 0 Å². The average Bonchev–Trinajstić information content (AvgIpc) is 2.76. The lowest BCUT2D eigenvalue weighted by Crippen LogP contribution is -2.32. The Kier molecular flexibility index (Phi) is 2.99. The molecule has 1 aromatic heterocycles. The van der Waals surface area contributed by atoms with Crippen LogP contribution in [0.25, 0.3) is 10.1 Å². The zero-order chi connectivity index (χ0) is 11.7. The van der Waals surface area contributed by atoms with E-state index in [0.29, 0.717) is 12.1 Å². The molecule has 0 atom stereocenters. The molecule has 1 aliphatic rings. The van der Waals surface area contributed by atoms with Gasteiger partial charge in [-0.05, 0) is 49.3 Å². The molecule has 0 unspecified atom stereocenters. The van der Waals surface area contributed by atoms with Gasteiger partial charge in [-0.2, -0.15) is 4.37 Å². The Hall–Kier alpha value is -1.13. The number of aromatic nitrogens is 1. The smallest absolute Gasteiger partial charge is 0.147 e. The van der Waals surface area contributed by atoms with Crippen molar-refractivity contribution in [3.63, 3.8) is 0 Å². The number of hydrogen-bond acceptors (Lipinski definition) is 4. The standard InChI is InChI=1S/C13H17N3S/c14-9-5-7-10(8-6-9)15-13-11-3-1-2-4-12(11)17-16-13/h1-4,9-10H,5-8,14H2,(H,15,16). The molecular weight excluding hydrogens is 230 g/mol. The molecule has 1 heterocycles. The summed E-state index contributed by atoms with van der Waals surface area (Å²) in [6.45, 7) is 0. The molecule has 0 amide bonds. The molecule has 2 aromatic rings. The number of rotatable bonds is 2. The molecule has 3 nitrogen and oxygen atoms in total. The molecule has 1 saturated carbocycles. The number of hydrogen-bond donors (Lipinski definition) is 2. The molecule has 1 aliphatic carbocycles. The maximum atomic E-state index is 5.92. The van der Waals surface area contributed by atoms with Gasteiger partial charge in [0.15, 0.2) is 0 Å². The summed E-state index contributed by atoms with van der Waals surface area (Å²) in [6, 6.07) is 9.33.